The smallest absolute Gasteiger partial charge is 0.270 e. The Kier molecular flexibility index (Phi) is 5.52. The molecule has 0 aromatic heterocycles. The number of rotatable bonds is 4. The van der Waals surface area contributed by atoms with E-state index >= 15 is 0 Å². The zero-order valence-corrected chi connectivity index (χ0v) is 16.0. The van der Waals surface area contributed by atoms with E-state index in [1.54, 1.807) is 35.2 Å². The van der Waals surface area contributed by atoms with Crippen molar-refractivity contribution in [1.82, 2.24) is 10.2 Å². The molecule has 0 bridgehead atoms. The summed E-state index contributed by atoms with van der Waals surface area (Å²) in [6, 6.07) is 26.7. The monoisotopic (exact) mass is 382 g/mol. The fraction of sp³-hybridized carbons (Fsp3) is 0.120. The highest BCUT2D eigenvalue weighted by atomic mass is 16.2. The molecule has 0 atom stereocenters. The zero-order chi connectivity index (χ0) is 20.1. The summed E-state index contributed by atoms with van der Waals surface area (Å²) in [4.78, 5) is 27.8. The molecule has 0 radical (unpaired) electrons. The van der Waals surface area contributed by atoms with Gasteiger partial charge in [-0.25, -0.2) is 0 Å². The van der Waals surface area contributed by atoms with Gasteiger partial charge in [0.1, 0.15) is 5.70 Å². The average molecular weight is 382 g/mol. The highest BCUT2D eigenvalue weighted by Crippen LogP contribution is 2.20. The van der Waals surface area contributed by atoms with Gasteiger partial charge in [-0.1, -0.05) is 72.8 Å². The van der Waals surface area contributed by atoms with E-state index in [1.807, 2.05) is 48.5 Å². The van der Waals surface area contributed by atoms with Gasteiger partial charge < -0.3 is 10.2 Å². The summed E-state index contributed by atoms with van der Waals surface area (Å²) in [6.45, 7) is 1.17. The molecule has 1 N–H and O–H groups in total. The van der Waals surface area contributed by atoms with Crippen LogP contribution >= 0.6 is 0 Å². The van der Waals surface area contributed by atoms with E-state index in [0.717, 1.165) is 17.5 Å². The minimum atomic E-state index is -0.293. The van der Waals surface area contributed by atoms with Crippen molar-refractivity contribution in [2.75, 3.05) is 6.54 Å². The second-order valence-electron chi connectivity index (χ2n) is 7.03. The van der Waals surface area contributed by atoms with E-state index in [0.29, 0.717) is 18.7 Å². The molecular formula is C25H22N2O2. The van der Waals surface area contributed by atoms with E-state index in [-0.39, 0.29) is 17.5 Å². The molecule has 0 fully saturated rings. The number of fused-ring (bicyclic) bond motifs is 1. The molecule has 1 aliphatic rings. The molecule has 4 heteroatoms. The van der Waals surface area contributed by atoms with Crippen LogP contribution in [0.15, 0.2) is 90.6 Å². The first kappa shape index (κ1) is 18.7. The van der Waals surface area contributed by atoms with Crippen LogP contribution in [0.25, 0.3) is 6.08 Å². The summed E-state index contributed by atoms with van der Waals surface area (Å²) in [5, 5.41) is 2.83. The second-order valence-corrected chi connectivity index (χ2v) is 7.03. The third-order valence-electron chi connectivity index (χ3n) is 5.04. The number of hydrogen-bond donors (Lipinski definition) is 1. The Bertz CT molecular complexity index is 1040. The van der Waals surface area contributed by atoms with Crippen LogP contribution in [-0.2, 0) is 17.8 Å². The van der Waals surface area contributed by atoms with E-state index in [2.05, 4.69) is 17.4 Å². The number of nitrogens with zero attached hydrogens (tertiary/aromatic N) is 1. The molecular weight excluding hydrogens is 360 g/mol. The van der Waals surface area contributed by atoms with Gasteiger partial charge in [0.2, 0.25) is 0 Å². The Morgan fingerprint density at radius 3 is 2.14 bits per heavy atom. The van der Waals surface area contributed by atoms with Crippen molar-refractivity contribution in [3.63, 3.8) is 0 Å². The van der Waals surface area contributed by atoms with Crippen LogP contribution in [0.4, 0.5) is 0 Å². The maximum absolute atomic E-state index is 13.3. The van der Waals surface area contributed by atoms with Crippen LogP contribution in [0.3, 0.4) is 0 Å². The number of amides is 2. The van der Waals surface area contributed by atoms with Crippen molar-refractivity contribution in [2.45, 2.75) is 13.0 Å². The van der Waals surface area contributed by atoms with Crippen molar-refractivity contribution in [3.8, 4) is 0 Å². The van der Waals surface area contributed by atoms with Crippen LogP contribution in [0.5, 0.6) is 0 Å². The Labute approximate surface area is 170 Å². The number of nitrogens with one attached hydrogen (secondary N) is 1. The first-order chi connectivity index (χ1) is 14.2. The normalized spacial score (nSPS) is 13.5. The minimum absolute atomic E-state index is 0.173. The summed E-state index contributed by atoms with van der Waals surface area (Å²) in [5.74, 6) is -0.467. The SMILES string of the molecule is O=C(N/C(=C\c1ccccc1)C(=O)N1CCc2ccccc2C1)c1ccccc1. The van der Waals surface area contributed by atoms with Gasteiger partial charge in [0, 0.05) is 18.7 Å². The first-order valence-corrected chi connectivity index (χ1v) is 9.70. The lowest BCUT2D eigenvalue weighted by Gasteiger charge is -2.29. The van der Waals surface area contributed by atoms with Gasteiger partial charge in [0.05, 0.1) is 0 Å². The molecule has 1 heterocycles. The third-order valence-corrected chi connectivity index (χ3v) is 5.04. The van der Waals surface area contributed by atoms with Crippen LogP contribution < -0.4 is 5.32 Å². The summed E-state index contributed by atoms with van der Waals surface area (Å²) < 4.78 is 0. The summed E-state index contributed by atoms with van der Waals surface area (Å²) in [7, 11) is 0. The quantitative estimate of drug-likeness (QED) is 0.693. The third kappa shape index (κ3) is 4.43. The Balaban J connectivity index is 1.61. The van der Waals surface area contributed by atoms with Crippen LogP contribution in [0, 0.1) is 0 Å². The maximum Gasteiger partial charge on any atom is 0.270 e. The van der Waals surface area contributed by atoms with Gasteiger partial charge in [-0.15, -0.1) is 0 Å². The van der Waals surface area contributed by atoms with Gasteiger partial charge in [0.15, 0.2) is 0 Å². The molecule has 29 heavy (non-hydrogen) atoms. The summed E-state index contributed by atoms with van der Waals surface area (Å²) >= 11 is 0. The Morgan fingerprint density at radius 1 is 0.793 bits per heavy atom. The molecule has 144 valence electrons. The summed E-state index contributed by atoms with van der Waals surface area (Å²) in [6.07, 6.45) is 2.55. The lowest BCUT2D eigenvalue weighted by molar-refractivity contribution is -0.128. The molecule has 0 spiro atoms. The molecule has 0 unspecified atom stereocenters. The van der Waals surface area contributed by atoms with Gasteiger partial charge in [0.25, 0.3) is 11.8 Å². The van der Waals surface area contributed by atoms with Gasteiger partial charge in [-0.3, -0.25) is 9.59 Å². The standard InChI is InChI=1S/C25H22N2O2/c28-24(21-12-5-2-6-13-21)26-23(17-19-9-3-1-4-10-19)25(29)27-16-15-20-11-7-8-14-22(20)18-27/h1-14,17H,15-16,18H2,(H,26,28)/b23-17-. The van der Waals surface area contributed by atoms with Crippen molar-refractivity contribution < 1.29 is 9.59 Å². The van der Waals surface area contributed by atoms with Crippen molar-refractivity contribution >= 4 is 17.9 Å². The second kappa shape index (κ2) is 8.57. The van der Waals surface area contributed by atoms with E-state index in [9.17, 15) is 9.59 Å². The fourth-order valence-corrected chi connectivity index (χ4v) is 3.49. The molecule has 1 aliphatic heterocycles. The molecule has 0 saturated heterocycles. The van der Waals surface area contributed by atoms with Crippen molar-refractivity contribution in [1.29, 1.82) is 0 Å². The average Bonchev–Trinajstić information content (AvgIpc) is 2.79. The Morgan fingerprint density at radius 2 is 1.41 bits per heavy atom. The molecule has 0 aliphatic carbocycles. The molecule has 4 rings (SSSR count). The lowest BCUT2D eigenvalue weighted by atomic mass is 9.99. The molecule has 0 saturated carbocycles. The largest absolute Gasteiger partial charge is 0.333 e. The van der Waals surface area contributed by atoms with Crippen molar-refractivity contribution in [3.05, 3.63) is 113 Å². The highest BCUT2D eigenvalue weighted by Gasteiger charge is 2.24. The topological polar surface area (TPSA) is 49.4 Å². The number of hydrogen-bond acceptors (Lipinski definition) is 2. The number of carbonyl (C=O) groups excluding carboxylic acids is 2. The van der Waals surface area contributed by atoms with Crippen molar-refractivity contribution in [2.24, 2.45) is 0 Å². The molecule has 3 aromatic carbocycles. The van der Waals surface area contributed by atoms with Gasteiger partial charge in [-0.2, -0.15) is 0 Å². The highest BCUT2D eigenvalue weighted by molar-refractivity contribution is 6.05. The maximum atomic E-state index is 13.3. The van der Waals surface area contributed by atoms with E-state index < -0.39 is 0 Å². The predicted octanol–water partition coefficient (Wildman–Crippen LogP) is 4.04. The van der Waals surface area contributed by atoms with E-state index in [1.165, 1.54) is 5.56 Å². The van der Waals surface area contributed by atoms with Crippen LogP contribution in [-0.4, -0.2) is 23.3 Å². The predicted molar refractivity (Wildman–Crippen MR) is 114 cm³/mol. The molecule has 2 amide bonds. The Hall–Kier alpha value is -3.66. The van der Waals surface area contributed by atoms with Gasteiger partial charge >= 0.3 is 0 Å². The lowest BCUT2D eigenvalue weighted by Crippen LogP contribution is -2.41. The molecule has 4 nitrogen and oxygen atoms in total. The van der Waals surface area contributed by atoms with Crippen LogP contribution in [0.1, 0.15) is 27.0 Å². The van der Waals surface area contributed by atoms with Gasteiger partial charge in [-0.05, 0) is 41.3 Å². The minimum Gasteiger partial charge on any atom is -0.333 e. The number of benzene rings is 3. The van der Waals surface area contributed by atoms with E-state index in [4.69, 9.17) is 0 Å². The molecule has 3 aromatic rings. The summed E-state index contributed by atoms with van der Waals surface area (Å²) in [5.41, 5.74) is 4.09. The first-order valence-electron chi connectivity index (χ1n) is 9.70. The fourth-order valence-electron chi connectivity index (χ4n) is 3.49. The van der Waals surface area contributed by atoms with Crippen LogP contribution in [0.2, 0.25) is 0 Å². The number of carbonyl (C=O) groups is 2. The zero-order valence-electron chi connectivity index (χ0n) is 16.0.